The molecule has 1 aliphatic rings. The van der Waals surface area contributed by atoms with Gasteiger partial charge >= 0.3 is 6.09 Å². The standard InChI is InChI=1S/C19H25N3O2/c1-19(2,3)24-18(23)22-12-10-14(13-22)21(4)17-9-11-20-16-8-6-5-7-15(16)17/h5-9,11,14H,10,12-13H2,1-4H3. The molecule has 3 rings (SSSR count). The van der Waals surface area contributed by atoms with Gasteiger partial charge in [0.2, 0.25) is 0 Å². The van der Waals surface area contributed by atoms with E-state index in [9.17, 15) is 4.79 Å². The first-order valence-electron chi connectivity index (χ1n) is 8.40. The molecule has 1 unspecified atom stereocenters. The van der Waals surface area contributed by atoms with Crippen molar-refractivity contribution in [3.8, 4) is 0 Å². The number of amides is 1. The Morgan fingerprint density at radius 2 is 2.04 bits per heavy atom. The first-order chi connectivity index (χ1) is 11.3. The number of aromatic nitrogens is 1. The number of ether oxygens (including phenoxy) is 1. The number of likely N-dealkylation sites (tertiary alicyclic amines) is 1. The summed E-state index contributed by atoms with van der Waals surface area (Å²) in [5.41, 5.74) is 1.68. The molecule has 5 heteroatoms. The predicted molar refractivity (Wildman–Crippen MR) is 96.4 cm³/mol. The zero-order chi connectivity index (χ0) is 17.3. The summed E-state index contributed by atoms with van der Waals surface area (Å²) in [5, 5.41) is 1.14. The van der Waals surface area contributed by atoms with Crippen LogP contribution in [0.25, 0.3) is 10.9 Å². The highest BCUT2D eigenvalue weighted by atomic mass is 16.6. The van der Waals surface area contributed by atoms with E-state index in [0.29, 0.717) is 6.54 Å². The largest absolute Gasteiger partial charge is 0.444 e. The first-order valence-corrected chi connectivity index (χ1v) is 8.40. The van der Waals surface area contributed by atoms with Crippen LogP contribution < -0.4 is 4.90 Å². The summed E-state index contributed by atoms with van der Waals surface area (Å²) >= 11 is 0. The normalized spacial score (nSPS) is 18.0. The van der Waals surface area contributed by atoms with E-state index >= 15 is 0 Å². The van der Waals surface area contributed by atoms with Crippen LogP contribution in [0.2, 0.25) is 0 Å². The Labute approximate surface area is 143 Å². The molecule has 1 saturated heterocycles. The van der Waals surface area contributed by atoms with Gasteiger partial charge in [-0.15, -0.1) is 0 Å². The third-order valence-electron chi connectivity index (χ3n) is 4.37. The van der Waals surface area contributed by atoms with E-state index < -0.39 is 5.60 Å². The topological polar surface area (TPSA) is 45.7 Å². The van der Waals surface area contributed by atoms with Crippen LogP contribution in [0.3, 0.4) is 0 Å². The van der Waals surface area contributed by atoms with Gasteiger partial charge < -0.3 is 14.5 Å². The van der Waals surface area contributed by atoms with Crippen molar-refractivity contribution in [2.75, 3.05) is 25.0 Å². The van der Waals surface area contributed by atoms with Crippen molar-refractivity contribution in [3.05, 3.63) is 36.5 Å². The summed E-state index contributed by atoms with van der Waals surface area (Å²) in [7, 11) is 2.09. The lowest BCUT2D eigenvalue weighted by Crippen LogP contribution is -2.39. The lowest BCUT2D eigenvalue weighted by atomic mass is 10.1. The van der Waals surface area contributed by atoms with Crippen LogP contribution in [-0.2, 0) is 4.74 Å². The average molecular weight is 327 g/mol. The third kappa shape index (κ3) is 3.45. The monoisotopic (exact) mass is 327 g/mol. The summed E-state index contributed by atoms with van der Waals surface area (Å²) in [6.07, 6.45) is 2.55. The van der Waals surface area contributed by atoms with E-state index in [4.69, 9.17) is 4.74 Å². The number of nitrogens with zero attached hydrogens (tertiary/aromatic N) is 3. The Morgan fingerprint density at radius 1 is 1.29 bits per heavy atom. The smallest absolute Gasteiger partial charge is 0.410 e. The molecule has 0 spiro atoms. The van der Waals surface area contributed by atoms with Gasteiger partial charge in [-0.1, -0.05) is 18.2 Å². The lowest BCUT2D eigenvalue weighted by Gasteiger charge is -2.28. The molecule has 1 aromatic heterocycles. The maximum Gasteiger partial charge on any atom is 0.410 e. The molecule has 1 aromatic carbocycles. The maximum atomic E-state index is 12.3. The number of para-hydroxylation sites is 1. The van der Waals surface area contributed by atoms with Crippen LogP contribution in [0.15, 0.2) is 36.5 Å². The number of pyridine rings is 1. The Morgan fingerprint density at radius 3 is 2.79 bits per heavy atom. The fraction of sp³-hybridized carbons (Fsp3) is 0.474. The van der Waals surface area contributed by atoms with E-state index in [2.05, 4.69) is 23.0 Å². The molecule has 1 atom stereocenters. The minimum atomic E-state index is -0.456. The van der Waals surface area contributed by atoms with Gasteiger partial charge in [0.25, 0.3) is 0 Å². The molecule has 5 nitrogen and oxygen atoms in total. The fourth-order valence-corrected chi connectivity index (χ4v) is 3.14. The number of rotatable bonds is 2. The SMILES string of the molecule is CN(c1ccnc2ccccc12)C1CCN(C(=O)OC(C)(C)C)C1. The number of carbonyl (C=O) groups excluding carboxylic acids is 1. The van der Waals surface area contributed by atoms with E-state index in [0.717, 1.165) is 29.6 Å². The van der Waals surface area contributed by atoms with Crippen LogP contribution in [0, 0.1) is 0 Å². The van der Waals surface area contributed by atoms with Gasteiger partial charge in [-0.3, -0.25) is 4.98 Å². The Bertz CT molecular complexity index is 733. The minimum absolute atomic E-state index is 0.224. The van der Waals surface area contributed by atoms with Crippen molar-refractivity contribution in [3.63, 3.8) is 0 Å². The highest BCUT2D eigenvalue weighted by Crippen LogP contribution is 2.28. The number of hydrogen-bond acceptors (Lipinski definition) is 4. The Hall–Kier alpha value is -2.30. The molecule has 1 aliphatic heterocycles. The van der Waals surface area contributed by atoms with Crippen molar-refractivity contribution < 1.29 is 9.53 Å². The van der Waals surface area contributed by atoms with Crippen LogP contribution in [0.4, 0.5) is 10.5 Å². The number of anilines is 1. The van der Waals surface area contributed by atoms with Gasteiger partial charge in [0.05, 0.1) is 5.52 Å². The zero-order valence-electron chi connectivity index (χ0n) is 14.8. The molecule has 0 aliphatic carbocycles. The molecule has 1 fully saturated rings. The number of likely N-dealkylation sites (N-methyl/N-ethyl adjacent to an activating group) is 1. The first kappa shape index (κ1) is 16.6. The summed E-state index contributed by atoms with van der Waals surface area (Å²) in [6.45, 7) is 7.10. The molecule has 0 N–H and O–H groups in total. The average Bonchev–Trinajstić information content (AvgIpc) is 3.02. The molecule has 1 amide bonds. The van der Waals surface area contributed by atoms with E-state index in [-0.39, 0.29) is 12.1 Å². The van der Waals surface area contributed by atoms with Gasteiger partial charge in [-0.2, -0.15) is 0 Å². The van der Waals surface area contributed by atoms with Crippen molar-refractivity contribution in [2.45, 2.75) is 38.8 Å². The van der Waals surface area contributed by atoms with Gasteiger partial charge in [-0.25, -0.2) is 4.79 Å². The second kappa shape index (κ2) is 6.30. The van der Waals surface area contributed by atoms with Crippen LogP contribution in [0.1, 0.15) is 27.2 Å². The quantitative estimate of drug-likeness (QED) is 0.844. The maximum absolute atomic E-state index is 12.3. The molecule has 2 aromatic rings. The molecule has 0 radical (unpaired) electrons. The molecule has 2 heterocycles. The number of benzene rings is 1. The van der Waals surface area contributed by atoms with E-state index in [1.165, 1.54) is 0 Å². The van der Waals surface area contributed by atoms with Crippen LogP contribution in [0.5, 0.6) is 0 Å². The minimum Gasteiger partial charge on any atom is -0.444 e. The van der Waals surface area contributed by atoms with Crippen molar-refractivity contribution >= 4 is 22.7 Å². The third-order valence-corrected chi connectivity index (χ3v) is 4.37. The van der Waals surface area contributed by atoms with Crippen molar-refractivity contribution in [1.82, 2.24) is 9.88 Å². The Balaban J connectivity index is 1.74. The predicted octanol–water partition coefficient (Wildman–Crippen LogP) is 3.68. The second-order valence-corrected chi connectivity index (χ2v) is 7.33. The van der Waals surface area contributed by atoms with Crippen molar-refractivity contribution in [2.24, 2.45) is 0 Å². The highest BCUT2D eigenvalue weighted by Gasteiger charge is 2.32. The summed E-state index contributed by atoms with van der Waals surface area (Å²) < 4.78 is 5.48. The van der Waals surface area contributed by atoms with Crippen molar-refractivity contribution in [1.29, 1.82) is 0 Å². The van der Waals surface area contributed by atoms with Gasteiger partial charge in [-0.05, 0) is 39.3 Å². The fourth-order valence-electron chi connectivity index (χ4n) is 3.14. The molecule has 0 bridgehead atoms. The van der Waals surface area contributed by atoms with Gasteiger partial charge in [0.1, 0.15) is 5.60 Å². The van der Waals surface area contributed by atoms with E-state index in [1.54, 1.807) is 4.90 Å². The second-order valence-electron chi connectivity index (χ2n) is 7.33. The zero-order valence-corrected chi connectivity index (χ0v) is 14.8. The molecule has 128 valence electrons. The Kier molecular flexibility index (Phi) is 4.35. The summed E-state index contributed by atoms with van der Waals surface area (Å²) in [4.78, 5) is 20.7. The van der Waals surface area contributed by atoms with Gasteiger partial charge in [0, 0.05) is 43.4 Å². The number of fused-ring (bicyclic) bond motifs is 1. The van der Waals surface area contributed by atoms with Crippen LogP contribution in [-0.4, -0.2) is 47.8 Å². The molecule has 0 saturated carbocycles. The van der Waals surface area contributed by atoms with Crippen LogP contribution >= 0.6 is 0 Å². The lowest BCUT2D eigenvalue weighted by molar-refractivity contribution is 0.0292. The van der Waals surface area contributed by atoms with Gasteiger partial charge in [0.15, 0.2) is 0 Å². The van der Waals surface area contributed by atoms with E-state index in [1.807, 2.05) is 51.2 Å². The highest BCUT2D eigenvalue weighted by molar-refractivity contribution is 5.91. The summed E-state index contributed by atoms with van der Waals surface area (Å²) in [6, 6.07) is 10.5. The number of hydrogen-bond donors (Lipinski definition) is 0. The molecular formula is C19H25N3O2. The molecular weight excluding hydrogens is 302 g/mol. The number of carbonyl (C=O) groups is 1. The summed E-state index contributed by atoms with van der Waals surface area (Å²) in [5.74, 6) is 0. The molecule has 24 heavy (non-hydrogen) atoms.